The van der Waals surface area contributed by atoms with Gasteiger partial charge >= 0.3 is 0 Å². The molecule has 0 radical (unpaired) electrons. The number of hydrogen-bond acceptors (Lipinski definition) is 8. The van der Waals surface area contributed by atoms with Crippen LogP contribution in [0.3, 0.4) is 0 Å². The SMILES string of the molecule is Cc1cc2ccccc2n1CCNc1cc(-c2ccc(C3NNNN3)c(O)c2)ncn1. The molecule has 0 amide bonds. The second-order valence-electron chi connectivity index (χ2n) is 7.46. The average molecular weight is 416 g/mol. The number of benzene rings is 2. The van der Waals surface area contributed by atoms with Crippen LogP contribution in [0.1, 0.15) is 17.4 Å². The number of hydrogen-bond donors (Lipinski definition) is 6. The zero-order valence-electron chi connectivity index (χ0n) is 17.1. The van der Waals surface area contributed by atoms with E-state index in [1.165, 1.54) is 22.9 Å². The Kier molecular flexibility index (Phi) is 5.23. The number of aromatic hydroxyl groups is 1. The first-order chi connectivity index (χ1) is 15.2. The van der Waals surface area contributed by atoms with E-state index in [1.54, 1.807) is 6.07 Å². The number of phenols is 1. The maximum Gasteiger partial charge on any atom is 0.130 e. The van der Waals surface area contributed by atoms with Gasteiger partial charge in [0.25, 0.3) is 0 Å². The highest BCUT2D eigenvalue weighted by atomic mass is 16.3. The topological polar surface area (TPSA) is 111 Å². The first kappa shape index (κ1) is 19.5. The minimum Gasteiger partial charge on any atom is -0.508 e. The van der Waals surface area contributed by atoms with Crippen LogP contribution in [0.15, 0.2) is 60.9 Å². The minimum atomic E-state index is -0.232. The molecule has 4 aromatic rings. The molecule has 2 aromatic heterocycles. The summed E-state index contributed by atoms with van der Waals surface area (Å²) in [4.78, 5) is 8.71. The molecule has 9 heteroatoms. The lowest BCUT2D eigenvalue weighted by molar-refractivity contribution is 0.446. The summed E-state index contributed by atoms with van der Waals surface area (Å²) >= 11 is 0. The first-order valence-corrected chi connectivity index (χ1v) is 10.1. The van der Waals surface area contributed by atoms with Gasteiger partial charge in [-0.2, -0.15) is 11.1 Å². The molecule has 1 aliphatic heterocycles. The van der Waals surface area contributed by atoms with Crippen molar-refractivity contribution in [1.29, 1.82) is 0 Å². The summed E-state index contributed by atoms with van der Waals surface area (Å²) in [6.07, 6.45) is 1.30. The van der Waals surface area contributed by atoms with Gasteiger partial charge in [-0.15, -0.1) is 0 Å². The molecule has 31 heavy (non-hydrogen) atoms. The predicted octanol–water partition coefficient (Wildman–Crippen LogP) is 2.34. The molecule has 3 heterocycles. The van der Waals surface area contributed by atoms with E-state index >= 15 is 0 Å². The molecule has 0 aliphatic carbocycles. The van der Waals surface area contributed by atoms with Gasteiger partial charge in [-0.05, 0) is 30.5 Å². The highest BCUT2D eigenvalue weighted by Crippen LogP contribution is 2.29. The molecular formula is C22H24N8O. The summed E-state index contributed by atoms with van der Waals surface area (Å²) in [7, 11) is 0. The Bertz CT molecular complexity index is 1220. The van der Waals surface area contributed by atoms with E-state index in [1.807, 2.05) is 18.2 Å². The fraction of sp³-hybridized carbons (Fsp3) is 0.182. The Morgan fingerprint density at radius 1 is 1.03 bits per heavy atom. The van der Waals surface area contributed by atoms with E-state index in [0.29, 0.717) is 0 Å². The van der Waals surface area contributed by atoms with Crippen molar-refractivity contribution in [1.82, 2.24) is 36.5 Å². The van der Waals surface area contributed by atoms with Gasteiger partial charge in [0.2, 0.25) is 0 Å². The molecule has 1 saturated heterocycles. The Morgan fingerprint density at radius 3 is 2.71 bits per heavy atom. The number of aromatic nitrogens is 3. The second-order valence-corrected chi connectivity index (χ2v) is 7.46. The lowest BCUT2D eigenvalue weighted by atomic mass is 10.1. The summed E-state index contributed by atoms with van der Waals surface area (Å²) in [6.45, 7) is 3.69. The third-order valence-corrected chi connectivity index (χ3v) is 5.46. The molecule has 9 nitrogen and oxygen atoms in total. The van der Waals surface area contributed by atoms with E-state index < -0.39 is 0 Å². The second kappa shape index (κ2) is 8.32. The van der Waals surface area contributed by atoms with Crippen LogP contribution in [0.4, 0.5) is 5.82 Å². The largest absolute Gasteiger partial charge is 0.508 e. The summed E-state index contributed by atoms with van der Waals surface area (Å²) in [5.41, 5.74) is 16.2. The fourth-order valence-electron chi connectivity index (χ4n) is 3.91. The van der Waals surface area contributed by atoms with Crippen molar-refractivity contribution in [3.63, 3.8) is 0 Å². The van der Waals surface area contributed by atoms with Crippen LogP contribution in [-0.4, -0.2) is 26.2 Å². The van der Waals surface area contributed by atoms with Crippen molar-refractivity contribution in [2.45, 2.75) is 19.6 Å². The number of anilines is 1. The Labute approximate surface area is 179 Å². The minimum absolute atomic E-state index is 0.177. The summed E-state index contributed by atoms with van der Waals surface area (Å²) in [5.74, 6) is 0.922. The number of para-hydroxylation sites is 1. The number of aryl methyl sites for hydroxylation is 1. The van der Waals surface area contributed by atoms with E-state index in [0.717, 1.165) is 35.7 Å². The van der Waals surface area contributed by atoms with Gasteiger partial charge in [0.05, 0.1) is 5.69 Å². The monoisotopic (exact) mass is 416 g/mol. The van der Waals surface area contributed by atoms with Crippen molar-refractivity contribution >= 4 is 16.7 Å². The molecule has 0 spiro atoms. The highest BCUT2D eigenvalue weighted by Gasteiger charge is 2.19. The van der Waals surface area contributed by atoms with Gasteiger partial charge in [0.1, 0.15) is 24.1 Å². The number of nitrogens with zero attached hydrogens (tertiary/aromatic N) is 3. The third kappa shape index (κ3) is 3.94. The van der Waals surface area contributed by atoms with Crippen LogP contribution in [0.25, 0.3) is 22.2 Å². The van der Waals surface area contributed by atoms with Crippen LogP contribution in [0.5, 0.6) is 5.75 Å². The van der Waals surface area contributed by atoms with Gasteiger partial charge in [0.15, 0.2) is 0 Å². The van der Waals surface area contributed by atoms with E-state index in [2.05, 4.69) is 79.0 Å². The van der Waals surface area contributed by atoms with E-state index in [9.17, 15) is 5.11 Å². The van der Waals surface area contributed by atoms with Crippen LogP contribution < -0.4 is 27.2 Å². The number of fused-ring (bicyclic) bond motifs is 1. The normalized spacial score (nSPS) is 14.4. The zero-order valence-corrected chi connectivity index (χ0v) is 17.1. The number of rotatable bonds is 6. The molecule has 158 valence electrons. The number of phenolic OH excluding ortho intramolecular Hbond substituents is 1. The fourth-order valence-corrected chi connectivity index (χ4v) is 3.91. The summed E-state index contributed by atoms with van der Waals surface area (Å²) < 4.78 is 2.30. The van der Waals surface area contributed by atoms with Crippen LogP contribution in [-0.2, 0) is 6.54 Å². The molecule has 0 bridgehead atoms. The maximum absolute atomic E-state index is 10.4. The van der Waals surface area contributed by atoms with Gasteiger partial charge in [0, 0.05) is 41.5 Å². The average Bonchev–Trinajstić information content (AvgIpc) is 3.42. The zero-order chi connectivity index (χ0) is 21.2. The molecule has 2 aromatic carbocycles. The maximum atomic E-state index is 10.4. The number of hydrazine groups is 3. The van der Waals surface area contributed by atoms with E-state index in [4.69, 9.17) is 0 Å². The smallest absolute Gasteiger partial charge is 0.130 e. The van der Waals surface area contributed by atoms with Crippen molar-refractivity contribution in [2.24, 2.45) is 0 Å². The van der Waals surface area contributed by atoms with Crippen LogP contribution in [0.2, 0.25) is 0 Å². The molecule has 0 unspecified atom stereocenters. The van der Waals surface area contributed by atoms with Crippen LogP contribution >= 0.6 is 0 Å². The van der Waals surface area contributed by atoms with E-state index in [-0.39, 0.29) is 11.9 Å². The van der Waals surface area contributed by atoms with Crippen LogP contribution in [0, 0.1) is 6.92 Å². The Morgan fingerprint density at radius 2 is 1.87 bits per heavy atom. The molecule has 5 rings (SSSR count). The number of nitrogens with one attached hydrogen (secondary N) is 5. The summed E-state index contributed by atoms with van der Waals surface area (Å²) in [5, 5.41) is 15.1. The van der Waals surface area contributed by atoms with Gasteiger partial charge in [-0.3, -0.25) is 0 Å². The highest BCUT2D eigenvalue weighted by molar-refractivity contribution is 5.81. The third-order valence-electron chi connectivity index (χ3n) is 5.46. The first-order valence-electron chi connectivity index (χ1n) is 10.1. The molecule has 1 fully saturated rings. The van der Waals surface area contributed by atoms with Gasteiger partial charge in [-0.1, -0.05) is 30.3 Å². The van der Waals surface area contributed by atoms with Crippen molar-refractivity contribution < 1.29 is 5.11 Å². The molecular weight excluding hydrogens is 392 g/mol. The Hall–Kier alpha value is -3.50. The summed E-state index contributed by atoms with van der Waals surface area (Å²) in [6, 6.07) is 18.0. The predicted molar refractivity (Wildman–Crippen MR) is 120 cm³/mol. The molecule has 1 aliphatic rings. The Balaban J connectivity index is 1.29. The van der Waals surface area contributed by atoms with Gasteiger partial charge < -0.3 is 15.0 Å². The molecule has 0 saturated carbocycles. The van der Waals surface area contributed by atoms with Gasteiger partial charge in [-0.25, -0.2) is 20.8 Å². The van der Waals surface area contributed by atoms with Crippen molar-refractivity contribution in [3.05, 3.63) is 72.2 Å². The molecule has 6 N–H and O–H groups in total. The standard InChI is InChI=1S/C22H24N8O/c1-14-10-16-4-2-3-5-19(16)30(14)9-8-23-21-12-18(24-13-25-21)15-6-7-17(20(31)11-15)22-26-28-29-27-22/h2-7,10-13,22,26-29,31H,8-9H2,1H3,(H,23,24,25). The lowest BCUT2D eigenvalue weighted by Crippen LogP contribution is -2.33. The quantitative estimate of drug-likeness (QED) is 0.284. The molecule has 0 atom stereocenters. The van der Waals surface area contributed by atoms with Crippen molar-refractivity contribution in [3.8, 4) is 17.0 Å². The lowest BCUT2D eigenvalue weighted by Gasteiger charge is -2.13. The van der Waals surface area contributed by atoms with Crippen molar-refractivity contribution in [2.75, 3.05) is 11.9 Å².